The molecule has 4 rings (SSSR count). The van der Waals surface area contributed by atoms with Gasteiger partial charge in [-0.1, -0.05) is 0 Å². The topological polar surface area (TPSA) is 69.1 Å². The predicted octanol–water partition coefficient (Wildman–Crippen LogP) is 2.50. The molecule has 0 fully saturated rings. The third-order valence-electron chi connectivity index (χ3n) is 3.26. The van der Waals surface area contributed by atoms with E-state index >= 15 is 0 Å². The largest absolute Gasteiger partial charge is 0.454 e. The quantitative estimate of drug-likeness (QED) is 0.797. The molecule has 114 valence electrons. The molecule has 0 spiro atoms. The standard InChI is InChI=1S/C14H11N3O3S.ClH/c18-14-16-15-7-17(14)6-10-2-4-13(21-10)9-1-3-11-12(5-9)20-8-19-11;/h1-5,7H,6,8H2,(H,16,18);1H. The lowest BCUT2D eigenvalue weighted by Gasteiger charge is -2.00. The second kappa shape index (κ2) is 5.86. The SMILES string of the molecule is Cl.O=c1[nH]ncn1Cc1ccc(-c2ccc3c(c2)OCO3)s1. The molecule has 0 bridgehead atoms. The molecule has 1 aromatic carbocycles. The number of benzene rings is 1. The first-order valence-electron chi connectivity index (χ1n) is 6.38. The van der Waals surface area contributed by atoms with Crippen molar-refractivity contribution in [1.82, 2.24) is 14.8 Å². The number of hydrogen-bond donors (Lipinski definition) is 1. The van der Waals surface area contributed by atoms with Crippen molar-refractivity contribution in [2.75, 3.05) is 6.79 Å². The van der Waals surface area contributed by atoms with E-state index in [0.29, 0.717) is 6.54 Å². The summed E-state index contributed by atoms with van der Waals surface area (Å²) in [5, 5.41) is 6.11. The molecule has 3 aromatic rings. The Morgan fingerprint density at radius 2 is 2.09 bits per heavy atom. The van der Waals surface area contributed by atoms with Crippen LogP contribution in [0.15, 0.2) is 41.5 Å². The van der Waals surface area contributed by atoms with Crippen LogP contribution in [-0.2, 0) is 6.54 Å². The number of thiophene rings is 1. The molecule has 0 saturated carbocycles. The Balaban J connectivity index is 0.00000144. The van der Waals surface area contributed by atoms with Crippen LogP contribution >= 0.6 is 23.7 Å². The van der Waals surface area contributed by atoms with E-state index in [1.54, 1.807) is 11.3 Å². The van der Waals surface area contributed by atoms with E-state index in [9.17, 15) is 4.79 Å². The van der Waals surface area contributed by atoms with Gasteiger partial charge in [0.1, 0.15) is 6.33 Å². The minimum Gasteiger partial charge on any atom is -0.454 e. The van der Waals surface area contributed by atoms with Crippen LogP contribution in [0.2, 0.25) is 0 Å². The minimum atomic E-state index is -0.201. The smallest absolute Gasteiger partial charge is 0.343 e. The Bertz CT molecular complexity index is 855. The molecule has 3 heterocycles. The summed E-state index contributed by atoms with van der Waals surface area (Å²) < 4.78 is 12.2. The zero-order chi connectivity index (χ0) is 14.2. The molecule has 0 radical (unpaired) electrons. The lowest BCUT2D eigenvalue weighted by Crippen LogP contribution is -2.16. The van der Waals surface area contributed by atoms with Crippen molar-refractivity contribution in [3.63, 3.8) is 0 Å². The van der Waals surface area contributed by atoms with Gasteiger partial charge in [0.25, 0.3) is 0 Å². The summed E-state index contributed by atoms with van der Waals surface area (Å²) in [7, 11) is 0. The molecule has 0 aliphatic carbocycles. The van der Waals surface area contributed by atoms with Crippen LogP contribution in [0.5, 0.6) is 11.5 Å². The highest BCUT2D eigenvalue weighted by Gasteiger charge is 2.14. The number of nitrogens with zero attached hydrogens (tertiary/aromatic N) is 2. The molecule has 8 heteroatoms. The first-order valence-corrected chi connectivity index (χ1v) is 7.20. The highest BCUT2D eigenvalue weighted by Crippen LogP contribution is 2.37. The summed E-state index contributed by atoms with van der Waals surface area (Å²) in [6.45, 7) is 0.794. The van der Waals surface area contributed by atoms with Crippen molar-refractivity contribution in [2.24, 2.45) is 0 Å². The van der Waals surface area contributed by atoms with Crippen LogP contribution < -0.4 is 15.2 Å². The highest BCUT2D eigenvalue weighted by atomic mass is 35.5. The molecular formula is C14H12ClN3O3S. The monoisotopic (exact) mass is 337 g/mol. The van der Waals surface area contributed by atoms with Crippen LogP contribution in [0.1, 0.15) is 4.88 Å². The lowest BCUT2D eigenvalue weighted by molar-refractivity contribution is 0.174. The van der Waals surface area contributed by atoms with Gasteiger partial charge in [0.05, 0.1) is 6.54 Å². The number of H-pyrrole nitrogens is 1. The zero-order valence-corrected chi connectivity index (χ0v) is 12.9. The van der Waals surface area contributed by atoms with Gasteiger partial charge >= 0.3 is 5.69 Å². The van der Waals surface area contributed by atoms with Gasteiger partial charge in [0.2, 0.25) is 6.79 Å². The fourth-order valence-corrected chi connectivity index (χ4v) is 3.22. The number of halogens is 1. The predicted molar refractivity (Wildman–Crippen MR) is 85.1 cm³/mol. The lowest BCUT2D eigenvalue weighted by atomic mass is 10.1. The average molecular weight is 338 g/mol. The van der Waals surface area contributed by atoms with Gasteiger partial charge in [-0.05, 0) is 35.9 Å². The molecule has 1 aliphatic rings. The molecule has 1 N–H and O–H groups in total. The van der Waals surface area contributed by atoms with E-state index in [-0.39, 0.29) is 24.9 Å². The van der Waals surface area contributed by atoms with Gasteiger partial charge in [-0.3, -0.25) is 4.57 Å². The van der Waals surface area contributed by atoms with Crippen LogP contribution in [0.25, 0.3) is 10.4 Å². The van der Waals surface area contributed by atoms with Crippen molar-refractivity contribution in [3.8, 4) is 21.9 Å². The molecule has 22 heavy (non-hydrogen) atoms. The number of rotatable bonds is 3. The number of ether oxygens (including phenoxy) is 2. The van der Waals surface area contributed by atoms with Gasteiger partial charge in [0, 0.05) is 9.75 Å². The van der Waals surface area contributed by atoms with Gasteiger partial charge in [0.15, 0.2) is 11.5 Å². The average Bonchev–Trinajstić information content (AvgIpc) is 3.20. The van der Waals surface area contributed by atoms with Crippen molar-refractivity contribution in [1.29, 1.82) is 0 Å². The van der Waals surface area contributed by atoms with E-state index < -0.39 is 0 Å². The summed E-state index contributed by atoms with van der Waals surface area (Å²) in [6.07, 6.45) is 1.50. The van der Waals surface area contributed by atoms with Crippen LogP contribution in [0.3, 0.4) is 0 Å². The molecule has 0 atom stereocenters. The van der Waals surface area contributed by atoms with Gasteiger partial charge in [-0.15, -0.1) is 23.7 Å². The maximum absolute atomic E-state index is 11.4. The molecule has 0 saturated heterocycles. The van der Waals surface area contributed by atoms with E-state index in [4.69, 9.17) is 9.47 Å². The first-order chi connectivity index (χ1) is 10.3. The van der Waals surface area contributed by atoms with Crippen molar-refractivity contribution >= 4 is 23.7 Å². The molecule has 6 nitrogen and oxygen atoms in total. The Kier molecular flexibility index (Phi) is 3.91. The number of hydrogen-bond acceptors (Lipinski definition) is 5. The fourth-order valence-electron chi connectivity index (χ4n) is 2.22. The molecule has 1 aliphatic heterocycles. The molecule has 0 unspecified atom stereocenters. The minimum absolute atomic E-state index is 0. The van der Waals surface area contributed by atoms with Crippen LogP contribution in [0, 0.1) is 0 Å². The second-order valence-corrected chi connectivity index (χ2v) is 5.79. The molecule has 2 aromatic heterocycles. The zero-order valence-electron chi connectivity index (χ0n) is 11.3. The Morgan fingerprint density at radius 1 is 1.23 bits per heavy atom. The van der Waals surface area contributed by atoms with E-state index in [2.05, 4.69) is 10.2 Å². The summed E-state index contributed by atoms with van der Waals surface area (Å²) in [4.78, 5) is 13.7. The summed E-state index contributed by atoms with van der Waals surface area (Å²) in [5.74, 6) is 1.55. The Hall–Kier alpha value is -2.25. The van der Waals surface area contributed by atoms with Gasteiger partial charge in [-0.2, -0.15) is 5.10 Å². The summed E-state index contributed by atoms with van der Waals surface area (Å²) >= 11 is 1.64. The number of nitrogens with one attached hydrogen (secondary N) is 1. The third-order valence-corrected chi connectivity index (χ3v) is 4.38. The Labute approximate surface area is 135 Å². The number of aromatic nitrogens is 3. The summed E-state index contributed by atoms with van der Waals surface area (Å²) in [6, 6.07) is 9.96. The third kappa shape index (κ3) is 2.60. The number of fused-ring (bicyclic) bond motifs is 1. The maximum Gasteiger partial charge on any atom is 0.343 e. The van der Waals surface area contributed by atoms with Crippen LogP contribution in [-0.4, -0.2) is 21.6 Å². The second-order valence-electron chi connectivity index (χ2n) is 4.62. The fraction of sp³-hybridized carbons (Fsp3) is 0.143. The number of aromatic amines is 1. The van der Waals surface area contributed by atoms with Crippen LogP contribution in [0.4, 0.5) is 0 Å². The highest BCUT2D eigenvalue weighted by molar-refractivity contribution is 7.15. The van der Waals surface area contributed by atoms with E-state index in [0.717, 1.165) is 26.8 Å². The first kappa shape index (κ1) is 14.7. The molecule has 0 amide bonds. The Morgan fingerprint density at radius 3 is 2.91 bits per heavy atom. The van der Waals surface area contributed by atoms with Gasteiger partial charge < -0.3 is 9.47 Å². The van der Waals surface area contributed by atoms with E-state index in [1.807, 2.05) is 30.3 Å². The van der Waals surface area contributed by atoms with E-state index in [1.165, 1.54) is 10.9 Å². The normalized spacial score (nSPS) is 12.2. The van der Waals surface area contributed by atoms with Gasteiger partial charge in [-0.25, -0.2) is 9.89 Å². The summed E-state index contributed by atoms with van der Waals surface area (Å²) in [5.41, 5.74) is 0.878. The van der Waals surface area contributed by atoms with Crippen molar-refractivity contribution in [3.05, 3.63) is 52.0 Å². The molecular weight excluding hydrogens is 326 g/mol. The van der Waals surface area contributed by atoms with Crippen molar-refractivity contribution < 1.29 is 9.47 Å². The maximum atomic E-state index is 11.4. The van der Waals surface area contributed by atoms with Crippen molar-refractivity contribution in [2.45, 2.75) is 6.54 Å².